The molecule has 3 aliphatic rings. The number of carbonyl (C=O) groups excluding carboxylic acids is 3. The second-order valence-corrected chi connectivity index (χ2v) is 9.09. The molecule has 5 rings (SSSR count). The molecule has 2 unspecified atom stereocenters. The Kier molecular flexibility index (Phi) is 7.30. The average molecular weight is 522 g/mol. The normalized spacial score (nSPS) is 20.5. The zero-order valence-corrected chi connectivity index (χ0v) is 19.8. The lowest BCUT2D eigenvalue weighted by Gasteiger charge is -2.32. The molecule has 198 valence electrons. The predicted molar refractivity (Wildman–Crippen MR) is 120 cm³/mol. The minimum Gasteiger partial charge on any atom is -0.475 e. The highest BCUT2D eigenvalue weighted by atomic mass is 19.4. The molecule has 37 heavy (non-hydrogen) atoms. The van der Waals surface area contributed by atoms with E-state index in [4.69, 9.17) is 9.90 Å². The Morgan fingerprint density at radius 3 is 2.49 bits per heavy atom. The summed E-state index contributed by atoms with van der Waals surface area (Å²) in [6.07, 6.45) is 1.13. The largest absolute Gasteiger partial charge is 0.490 e. The molecular weight excluding hydrogens is 497 g/mol. The summed E-state index contributed by atoms with van der Waals surface area (Å²) in [6, 6.07) is 5.15. The van der Waals surface area contributed by atoms with E-state index in [1.54, 1.807) is 15.6 Å². The van der Waals surface area contributed by atoms with Crippen LogP contribution in [0, 0.1) is 5.92 Å². The summed E-state index contributed by atoms with van der Waals surface area (Å²) in [5, 5.41) is 21.5. The van der Waals surface area contributed by atoms with Crippen LogP contribution < -0.4 is 10.6 Å². The summed E-state index contributed by atoms with van der Waals surface area (Å²) in [7, 11) is 1.95. The number of carbonyl (C=O) groups is 4. The van der Waals surface area contributed by atoms with E-state index in [0.29, 0.717) is 24.4 Å². The quantitative estimate of drug-likeness (QED) is 0.503. The van der Waals surface area contributed by atoms with Crippen LogP contribution in [0.5, 0.6) is 0 Å². The van der Waals surface area contributed by atoms with Gasteiger partial charge in [0.1, 0.15) is 11.7 Å². The number of rotatable bonds is 5. The van der Waals surface area contributed by atoms with Crippen LogP contribution in [0.2, 0.25) is 0 Å². The van der Waals surface area contributed by atoms with Crippen molar-refractivity contribution in [2.45, 2.75) is 56.9 Å². The van der Waals surface area contributed by atoms with Crippen LogP contribution in [0.3, 0.4) is 0 Å². The number of halogens is 3. The number of nitrogens with one attached hydrogen (secondary N) is 2. The van der Waals surface area contributed by atoms with Gasteiger partial charge in [-0.3, -0.25) is 19.7 Å². The maximum absolute atomic E-state index is 12.8. The molecule has 3 N–H and O–H groups in total. The van der Waals surface area contributed by atoms with E-state index in [0.717, 1.165) is 16.9 Å². The summed E-state index contributed by atoms with van der Waals surface area (Å²) < 4.78 is 33.5. The summed E-state index contributed by atoms with van der Waals surface area (Å²) in [5.41, 5.74) is 3.19. The molecule has 3 amide bonds. The standard InChI is InChI=1S/C21H24N6O3.C2HF3O2/c1-22-19(12-3-2-4-12)16-11-27(25-24-16)14-5-6-15-13(9-14)10-26(21(15)30)17-7-8-18(28)23-20(17)29;3-2(4,5)1(6)7/h5-6,9,11-12,17,19,22H,2-4,7-8,10H2,1H3,(H,23,28,29);(H,6,7). The summed E-state index contributed by atoms with van der Waals surface area (Å²) in [4.78, 5) is 46.9. The number of piperidine rings is 1. The Balaban J connectivity index is 0.000000405. The molecule has 11 nitrogen and oxygen atoms in total. The Morgan fingerprint density at radius 1 is 1.22 bits per heavy atom. The fourth-order valence-electron chi connectivity index (χ4n) is 4.65. The van der Waals surface area contributed by atoms with Crippen molar-refractivity contribution in [1.29, 1.82) is 0 Å². The number of fused-ring (bicyclic) bond motifs is 1. The molecule has 3 heterocycles. The van der Waals surface area contributed by atoms with Crippen LogP contribution in [0.1, 0.15) is 59.8 Å². The SMILES string of the molecule is CNC(c1cn(-c2ccc3c(c2)CN(C2CCC(=O)NC2=O)C3=O)nn1)C1CCC1.O=C(O)C(F)(F)F. The van der Waals surface area contributed by atoms with Crippen LogP contribution in [0.4, 0.5) is 13.2 Å². The van der Waals surface area contributed by atoms with E-state index in [1.807, 2.05) is 25.4 Å². The van der Waals surface area contributed by atoms with Crippen LogP contribution >= 0.6 is 0 Å². The molecule has 1 aliphatic carbocycles. The second kappa shape index (κ2) is 10.3. The maximum atomic E-state index is 12.8. The lowest BCUT2D eigenvalue weighted by Crippen LogP contribution is -2.52. The van der Waals surface area contributed by atoms with Crippen molar-refractivity contribution in [3.05, 3.63) is 41.2 Å². The number of alkyl halides is 3. The number of aromatic nitrogens is 3. The molecule has 2 fully saturated rings. The van der Waals surface area contributed by atoms with Gasteiger partial charge in [-0.2, -0.15) is 13.2 Å². The number of carboxylic acid groups (broad SMARTS) is 1. The monoisotopic (exact) mass is 522 g/mol. The topological polar surface area (TPSA) is 147 Å². The van der Waals surface area contributed by atoms with E-state index < -0.39 is 24.1 Å². The molecule has 0 bridgehead atoms. The van der Waals surface area contributed by atoms with Crippen molar-refractivity contribution in [2.24, 2.45) is 5.92 Å². The fraction of sp³-hybridized carbons (Fsp3) is 0.478. The van der Waals surface area contributed by atoms with Crippen LogP contribution in [-0.2, 0) is 20.9 Å². The molecule has 1 saturated carbocycles. The van der Waals surface area contributed by atoms with Crippen molar-refractivity contribution in [2.75, 3.05) is 7.05 Å². The number of hydrogen-bond acceptors (Lipinski definition) is 7. The zero-order chi connectivity index (χ0) is 26.9. The number of amides is 3. The van der Waals surface area contributed by atoms with Gasteiger partial charge < -0.3 is 15.3 Å². The number of imide groups is 1. The summed E-state index contributed by atoms with van der Waals surface area (Å²) >= 11 is 0. The maximum Gasteiger partial charge on any atom is 0.490 e. The number of carboxylic acids is 1. The van der Waals surface area contributed by atoms with E-state index in [2.05, 4.69) is 20.9 Å². The van der Waals surface area contributed by atoms with Crippen molar-refractivity contribution in [3.8, 4) is 5.69 Å². The van der Waals surface area contributed by atoms with Gasteiger partial charge in [0, 0.05) is 18.5 Å². The third-order valence-electron chi connectivity index (χ3n) is 6.78. The first kappa shape index (κ1) is 26.3. The smallest absolute Gasteiger partial charge is 0.475 e. The van der Waals surface area contributed by atoms with Gasteiger partial charge in [-0.25, -0.2) is 9.48 Å². The molecule has 2 aromatic rings. The first-order chi connectivity index (χ1) is 17.5. The summed E-state index contributed by atoms with van der Waals surface area (Å²) in [5.74, 6) is -3.02. The molecule has 0 spiro atoms. The van der Waals surface area contributed by atoms with E-state index >= 15 is 0 Å². The Morgan fingerprint density at radius 2 is 1.92 bits per heavy atom. The number of hydrogen-bond donors (Lipinski definition) is 3. The van der Waals surface area contributed by atoms with Gasteiger partial charge in [0.2, 0.25) is 11.8 Å². The van der Waals surface area contributed by atoms with Crippen LogP contribution in [0.15, 0.2) is 24.4 Å². The third kappa shape index (κ3) is 5.48. The molecule has 2 atom stereocenters. The Labute approximate surface area is 209 Å². The van der Waals surface area contributed by atoms with E-state index in [-0.39, 0.29) is 24.3 Å². The Hall–Kier alpha value is -3.81. The van der Waals surface area contributed by atoms with Gasteiger partial charge in [0.15, 0.2) is 0 Å². The predicted octanol–water partition coefficient (Wildman–Crippen LogP) is 1.72. The molecule has 1 saturated heterocycles. The first-order valence-corrected chi connectivity index (χ1v) is 11.7. The zero-order valence-electron chi connectivity index (χ0n) is 19.8. The molecule has 1 aromatic heterocycles. The van der Waals surface area contributed by atoms with Crippen molar-refractivity contribution >= 4 is 23.7 Å². The number of benzene rings is 1. The molecule has 2 aliphatic heterocycles. The van der Waals surface area contributed by atoms with E-state index in [9.17, 15) is 27.6 Å². The minimum atomic E-state index is -5.08. The number of nitrogens with zero attached hydrogens (tertiary/aromatic N) is 4. The summed E-state index contributed by atoms with van der Waals surface area (Å²) in [6.45, 7) is 0.344. The highest BCUT2D eigenvalue weighted by molar-refractivity contribution is 6.05. The van der Waals surface area contributed by atoms with Crippen molar-refractivity contribution in [1.82, 2.24) is 30.5 Å². The minimum absolute atomic E-state index is 0.175. The Bertz CT molecular complexity index is 1230. The number of aliphatic carboxylic acids is 1. The lowest BCUT2D eigenvalue weighted by molar-refractivity contribution is -0.192. The first-order valence-electron chi connectivity index (χ1n) is 11.7. The highest BCUT2D eigenvalue weighted by Gasteiger charge is 2.39. The van der Waals surface area contributed by atoms with Gasteiger partial charge >= 0.3 is 12.1 Å². The van der Waals surface area contributed by atoms with Gasteiger partial charge in [-0.05, 0) is 56.0 Å². The lowest BCUT2D eigenvalue weighted by atomic mass is 9.79. The van der Waals surface area contributed by atoms with Crippen molar-refractivity contribution < 1.29 is 37.5 Å². The van der Waals surface area contributed by atoms with Gasteiger partial charge in [0.25, 0.3) is 5.91 Å². The van der Waals surface area contributed by atoms with Crippen LogP contribution in [0.25, 0.3) is 5.69 Å². The van der Waals surface area contributed by atoms with Crippen molar-refractivity contribution in [3.63, 3.8) is 0 Å². The van der Waals surface area contributed by atoms with Crippen LogP contribution in [-0.4, -0.2) is 68.0 Å². The van der Waals surface area contributed by atoms with Gasteiger partial charge in [-0.1, -0.05) is 11.6 Å². The van der Waals surface area contributed by atoms with Gasteiger partial charge in [-0.15, -0.1) is 5.10 Å². The molecule has 0 radical (unpaired) electrons. The molecular formula is C23H25F3N6O5. The molecule has 1 aromatic carbocycles. The highest BCUT2D eigenvalue weighted by Crippen LogP contribution is 2.37. The van der Waals surface area contributed by atoms with Gasteiger partial charge in [0.05, 0.1) is 17.9 Å². The second-order valence-electron chi connectivity index (χ2n) is 9.09. The fourth-order valence-corrected chi connectivity index (χ4v) is 4.65. The van der Waals surface area contributed by atoms with E-state index in [1.165, 1.54) is 19.3 Å². The average Bonchev–Trinajstić information content (AvgIpc) is 3.41. The third-order valence-corrected chi connectivity index (χ3v) is 6.78. The molecule has 14 heteroatoms.